The molecule has 0 aliphatic rings. The van der Waals surface area contributed by atoms with E-state index in [4.69, 9.17) is 4.43 Å². The highest BCUT2D eigenvalue weighted by atomic mass is 32.2. The van der Waals surface area contributed by atoms with Crippen LogP contribution in [-0.2, 0) is 4.43 Å². The van der Waals surface area contributed by atoms with Crippen molar-refractivity contribution in [3.63, 3.8) is 0 Å². The highest BCUT2D eigenvalue weighted by Gasteiger charge is 2.47. The third kappa shape index (κ3) is 5.14. The summed E-state index contributed by atoms with van der Waals surface area (Å²) in [5.74, 6) is 0. The van der Waals surface area contributed by atoms with E-state index in [9.17, 15) is 0 Å². The average Bonchev–Trinajstić information content (AvgIpc) is 2.20. The molecule has 0 aromatic heterocycles. The first kappa shape index (κ1) is 20.1. The second-order valence-electron chi connectivity index (χ2n) is 7.92. The van der Waals surface area contributed by atoms with Gasteiger partial charge < -0.3 is 4.43 Å². The number of rotatable bonds is 6. The quantitative estimate of drug-likeness (QED) is 0.387. The van der Waals surface area contributed by atoms with Gasteiger partial charge in [-0.3, -0.25) is 0 Å². The van der Waals surface area contributed by atoms with Crippen molar-refractivity contribution >= 4 is 20.1 Å². The minimum absolute atomic E-state index is 0.192. The zero-order chi connectivity index (χ0) is 16.3. The van der Waals surface area contributed by atoms with Crippen molar-refractivity contribution in [3.8, 4) is 0 Å². The molecule has 0 unspecified atom stereocenters. The number of thioether (sulfide) groups is 1. The van der Waals surface area contributed by atoms with Gasteiger partial charge in [-0.15, -0.1) is 0 Å². The Morgan fingerprint density at radius 1 is 0.850 bits per heavy atom. The smallest absolute Gasteiger partial charge is 0.259 e. The van der Waals surface area contributed by atoms with E-state index in [0.717, 1.165) is 0 Å². The van der Waals surface area contributed by atoms with Crippen LogP contribution in [0.15, 0.2) is 10.7 Å². The van der Waals surface area contributed by atoms with Gasteiger partial charge in [0.05, 0.1) is 0 Å². The Hall–Kier alpha value is 0.107. The van der Waals surface area contributed by atoms with Crippen molar-refractivity contribution in [1.29, 1.82) is 0 Å². The van der Waals surface area contributed by atoms with Crippen LogP contribution in [0, 0.1) is 0 Å². The molecule has 0 N–H and O–H groups in total. The van der Waals surface area contributed by atoms with E-state index < -0.39 is 8.32 Å². The molecule has 20 heavy (non-hydrogen) atoms. The van der Waals surface area contributed by atoms with E-state index in [-0.39, 0.29) is 4.75 Å². The normalized spacial score (nSPS) is 13.3. The van der Waals surface area contributed by atoms with E-state index in [0.29, 0.717) is 16.6 Å². The van der Waals surface area contributed by atoms with Crippen molar-refractivity contribution in [3.05, 3.63) is 10.7 Å². The van der Waals surface area contributed by atoms with Crippen LogP contribution in [-0.4, -0.2) is 13.1 Å². The molecule has 0 amide bonds. The Balaban J connectivity index is 5.59. The zero-order valence-corrected chi connectivity index (χ0v) is 17.4. The molecule has 0 atom stereocenters. The van der Waals surface area contributed by atoms with Crippen molar-refractivity contribution in [2.75, 3.05) is 0 Å². The van der Waals surface area contributed by atoms with Crippen LogP contribution in [0.3, 0.4) is 0 Å². The van der Waals surface area contributed by atoms with Crippen LogP contribution >= 0.6 is 11.8 Å². The summed E-state index contributed by atoms with van der Waals surface area (Å²) in [6, 6.07) is 0. The summed E-state index contributed by atoms with van der Waals surface area (Å²) in [6.45, 7) is 25.2. The van der Waals surface area contributed by atoms with Crippen molar-refractivity contribution in [1.82, 2.24) is 0 Å². The van der Waals surface area contributed by atoms with E-state index in [1.807, 2.05) is 11.8 Å². The highest BCUT2D eigenvalue weighted by Crippen LogP contribution is 2.47. The van der Waals surface area contributed by atoms with Gasteiger partial charge in [-0.1, -0.05) is 74.1 Å². The highest BCUT2D eigenvalue weighted by molar-refractivity contribution is 8.04. The summed E-state index contributed by atoms with van der Waals surface area (Å²) in [5, 5.41) is 1.17. The Kier molecular flexibility index (Phi) is 7.43. The molecule has 0 aromatic rings. The van der Waals surface area contributed by atoms with Crippen molar-refractivity contribution in [2.45, 2.75) is 97.5 Å². The third-order valence-electron chi connectivity index (χ3n) is 3.78. The lowest BCUT2D eigenvalue weighted by molar-refractivity contribution is 0.398. The fourth-order valence-electron chi connectivity index (χ4n) is 3.02. The SMILES string of the molecule is CC(C)=C(O[Si](C(C)C)(C(C)C)C(C)C)SC(C)(C)C. The van der Waals surface area contributed by atoms with Gasteiger partial charge in [-0.05, 0) is 36.0 Å². The molecule has 120 valence electrons. The maximum absolute atomic E-state index is 6.84. The van der Waals surface area contributed by atoms with Crippen LogP contribution in [0.2, 0.25) is 16.6 Å². The Bertz CT molecular complexity index is 312. The van der Waals surface area contributed by atoms with Gasteiger partial charge in [0.1, 0.15) is 5.09 Å². The van der Waals surface area contributed by atoms with Crippen LogP contribution in [0.1, 0.15) is 76.2 Å². The van der Waals surface area contributed by atoms with Gasteiger partial charge in [0.2, 0.25) is 0 Å². The molecule has 0 aliphatic heterocycles. The summed E-state index contributed by atoms with van der Waals surface area (Å²) >= 11 is 1.88. The fraction of sp³-hybridized carbons (Fsp3) is 0.882. The third-order valence-corrected chi connectivity index (χ3v) is 11.2. The van der Waals surface area contributed by atoms with Gasteiger partial charge in [0.15, 0.2) is 0 Å². The summed E-state index contributed by atoms with van der Waals surface area (Å²) in [7, 11) is -1.83. The topological polar surface area (TPSA) is 9.23 Å². The lowest BCUT2D eigenvalue weighted by Crippen LogP contribution is -2.47. The summed E-state index contributed by atoms with van der Waals surface area (Å²) in [4.78, 5) is 0. The molecule has 0 saturated heterocycles. The molecule has 0 radical (unpaired) electrons. The Morgan fingerprint density at radius 2 is 1.20 bits per heavy atom. The molecule has 0 saturated carbocycles. The van der Waals surface area contributed by atoms with Crippen molar-refractivity contribution in [2.24, 2.45) is 0 Å². The minimum Gasteiger partial charge on any atom is -0.538 e. The predicted molar refractivity (Wildman–Crippen MR) is 97.9 cm³/mol. The van der Waals surface area contributed by atoms with Crippen LogP contribution in [0.4, 0.5) is 0 Å². The number of hydrogen-bond acceptors (Lipinski definition) is 2. The van der Waals surface area contributed by atoms with E-state index >= 15 is 0 Å². The minimum atomic E-state index is -1.83. The summed E-state index contributed by atoms with van der Waals surface area (Å²) in [6.07, 6.45) is 0. The van der Waals surface area contributed by atoms with E-state index in [1.165, 1.54) is 10.7 Å². The number of hydrogen-bond donors (Lipinski definition) is 0. The van der Waals surface area contributed by atoms with Gasteiger partial charge in [-0.2, -0.15) is 0 Å². The molecular formula is C17H36OSSi. The van der Waals surface area contributed by atoms with Gasteiger partial charge in [0.25, 0.3) is 8.32 Å². The summed E-state index contributed by atoms with van der Waals surface area (Å²) < 4.78 is 7.03. The van der Waals surface area contributed by atoms with E-state index in [1.54, 1.807) is 0 Å². The average molecular weight is 317 g/mol. The van der Waals surface area contributed by atoms with Crippen LogP contribution < -0.4 is 0 Å². The Morgan fingerprint density at radius 3 is 1.40 bits per heavy atom. The zero-order valence-electron chi connectivity index (χ0n) is 15.5. The predicted octanol–water partition coefficient (Wildman–Crippen LogP) is 6.96. The maximum atomic E-state index is 6.84. The standard InChI is InChI=1S/C17H36OSSi/c1-12(2)16(19-17(9,10)11)18-20(13(3)4,14(5)6)15(7)8/h13-15H,1-11H3. The molecule has 0 spiro atoms. The Labute approximate surface area is 133 Å². The van der Waals surface area contributed by atoms with Gasteiger partial charge >= 0.3 is 0 Å². The largest absolute Gasteiger partial charge is 0.538 e. The molecule has 3 heteroatoms. The molecule has 0 fully saturated rings. The van der Waals surface area contributed by atoms with Crippen molar-refractivity contribution < 1.29 is 4.43 Å². The molecule has 0 aliphatic carbocycles. The summed E-state index contributed by atoms with van der Waals surface area (Å²) in [5.41, 5.74) is 3.18. The van der Waals surface area contributed by atoms with Crippen LogP contribution in [0.25, 0.3) is 0 Å². The second-order valence-corrected chi connectivity index (χ2v) is 15.1. The first-order valence-electron chi connectivity index (χ1n) is 7.90. The van der Waals surface area contributed by atoms with Crippen LogP contribution in [0.5, 0.6) is 0 Å². The lowest BCUT2D eigenvalue weighted by atomic mass is 10.3. The van der Waals surface area contributed by atoms with Gasteiger partial charge in [-0.25, -0.2) is 0 Å². The fourth-order valence-corrected chi connectivity index (χ4v) is 9.61. The maximum Gasteiger partial charge on any atom is 0.259 e. The molecule has 0 rings (SSSR count). The lowest BCUT2D eigenvalue weighted by Gasteiger charge is -2.43. The monoisotopic (exact) mass is 316 g/mol. The van der Waals surface area contributed by atoms with Gasteiger partial charge in [0, 0.05) is 4.75 Å². The first-order chi connectivity index (χ1) is 8.84. The molecular weight excluding hydrogens is 280 g/mol. The van der Waals surface area contributed by atoms with E-state index in [2.05, 4.69) is 76.2 Å². The number of allylic oxidation sites excluding steroid dienone is 1. The molecule has 0 bridgehead atoms. The first-order valence-corrected chi connectivity index (χ1v) is 10.9. The molecule has 1 nitrogen and oxygen atoms in total. The molecule has 0 aromatic carbocycles. The molecule has 0 heterocycles. The second kappa shape index (κ2) is 7.39.